The summed E-state index contributed by atoms with van der Waals surface area (Å²) in [7, 11) is 1.67. The van der Waals surface area contributed by atoms with Crippen LogP contribution in [0.15, 0.2) is 96.2 Å². The van der Waals surface area contributed by atoms with Crippen molar-refractivity contribution in [2.45, 2.75) is 73.8 Å². The van der Waals surface area contributed by atoms with Crippen molar-refractivity contribution in [1.29, 1.82) is 0 Å². The molecule has 3 aromatic carbocycles. The van der Waals surface area contributed by atoms with Crippen LogP contribution in [0, 0.1) is 0 Å². The van der Waals surface area contributed by atoms with Crippen LogP contribution in [0.2, 0.25) is 0 Å². The molecule has 3 aliphatic heterocycles. The van der Waals surface area contributed by atoms with Gasteiger partial charge in [0.25, 0.3) is 0 Å². The van der Waals surface area contributed by atoms with Crippen LogP contribution in [0.4, 0.5) is 11.5 Å². The average Bonchev–Trinajstić information content (AvgIpc) is 3.87. The van der Waals surface area contributed by atoms with Gasteiger partial charge in [-0.1, -0.05) is 72.8 Å². The maximum atomic E-state index is 10.3. The monoisotopic (exact) mass is 618 g/mol. The van der Waals surface area contributed by atoms with Crippen LogP contribution in [0.3, 0.4) is 0 Å². The van der Waals surface area contributed by atoms with E-state index in [0.717, 1.165) is 53.8 Å². The van der Waals surface area contributed by atoms with Gasteiger partial charge in [0, 0.05) is 19.1 Å². The van der Waals surface area contributed by atoms with E-state index in [2.05, 4.69) is 48.6 Å². The molecular formula is C37H38N4O5. The fraction of sp³-hybridized carbons (Fsp3) is 0.378. The van der Waals surface area contributed by atoms with Crippen molar-refractivity contribution in [3.8, 4) is 5.75 Å². The van der Waals surface area contributed by atoms with Crippen LogP contribution in [-0.4, -0.2) is 64.7 Å². The van der Waals surface area contributed by atoms with Crippen molar-refractivity contribution in [3.05, 3.63) is 114 Å². The molecule has 1 spiro atoms. The quantitative estimate of drug-likeness (QED) is 0.236. The summed E-state index contributed by atoms with van der Waals surface area (Å²) >= 11 is 0. The molecule has 4 aliphatic rings. The van der Waals surface area contributed by atoms with Gasteiger partial charge in [0.15, 0.2) is 11.6 Å². The predicted octanol–water partition coefficient (Wildman–Crippen LogP) is 5.89. The molecule has 0 amide bonds. The molecule has 2 N–H and O–H groups in total. The van der Waals surface area contributed by atoms with Crippen molar-refractivity contribution in [3.63, 3.8) is 0 Å². The van der Waals surface area contributed by atoms with E-state index in [0.29, 0.717) is 11.5 Å². The number of aliphatic imine (C=N–C) groups is 1. The summed E-state index contributed by atoms with van der Waals surface area (Å²) in [6, 6.07) is 28.8. The van der Waals surface area contributed by atoms with E-state index < -0.39 is 29.1 Å². The van der Waals surface area contributed by atoms with Gasteiger partial charge < -0.3 is 29.4 Å². The Labute approximate surface area is 268 Å². The molecule has 4 aromatic rings. The summed E-state index contributed by atoms with van der Waals surface area (Å²) in [5.74, 6) is 0.444. The second-order valence-corrected chi connectivity index (χ2v) is 12.8. The Hall–Kier alpha value is -4.15. The fourth-order valence-corrected chi connectivity index (χ4v) is 8.02. The maximum absolute atomic E-state index is 10.3. The number of fused-ring (bicyclic) bond motifs is 2. The Balaban J connectivity index is 1.22. The SMILES string of the molecule is COc1ccc(C(Nc2ncnc3c2N=CC3[C@@H]2O[C@H](CO)[C@H]3OC4(CCCC4)O[C@]32C)(c2ccccc2)c2ccccc2)cc1. The normalized spacial score (nSPS) is 27.5. The molecule has 8 rings (SSSR count). The molecule has 1 saturated carbocycles. The highest BCUT2D eigenvalue weighted by Gasteiger charge is 2.67. The first-order valence-corrected chi connectivity index (χ1v) is 16.1. The summed E-state index contributed by atoms with van der Waals surface area (Å²) in [5.41, 5.74) is 2.90. The Kier molecular flexibility index (Phi) is 7.17. The zero-order valence-electron chi connectivity index (χ0n) is 26.0. The molecule has 1 aromatic heterocycles. The van der Waals surface area contributed by atoms with Gasteiger partial charge in [-0.15, -0.1) is 0 Å². The minimum absolute atomic E-state index is 0.151. The van der Waals surface area contributed by atoms with Crippen molar-refractivity contribution in [2.75, 3.05) is 19.0 Å². The molecule has 2 saturated heterocycles. The van der Waals surface area contributed by atoms with Gasteiger partial charge in [-0.25, -0.2) is 9.97 Å². The molecule has 46 heavy (non-hydrogen) atoms. The van der Waals surface area contributed by atoms with Crippen LogP contribution in [0.5, 0.6) is 5.75 Å². The molecule has 1 unspecified atom stereocenters. The first-order valence-electron chi connectivity index (χ1n) is 16.1. The van der Waals surface area contributed by atoms with E-state index >= 15 is 0 Å². The van der Waals surface area contributed by atoms with Crippen molar-refractivity contribution < 1.29 is 24.1 Å². The van der Waals surface area contributed by atoms with Crippen molar-refractivity contribution in [2.24, 2.45) is 4.99 Å². The van der Waals surface area contributed by atoms with E-state index in [-0.39, 0.29) is 18.6 Å². The third-order valence-electron chi connectivity index (χ3n) is 10.2. The number of nitrogens with one attached hydrogen (secondary N) is 1. The van der Waals surface area contributed by atoms with E-state index in [1.807, 2.05) is 54.7 Å². The highest BCUT2D eigenvalue weighted by molar-refractivity contribution is 5.85. The number of rotatable bonds is 8. The van der Waals surface area contributed by atoms with Crippen LogP contribution in [0.1, 0.15) is 60.9 Å². The van der Waals surface area contributed by atoms with Gasteiger partial charge in [0.05, 0.1) is 25.3 Å². The Morgan fingerprint density at radius 2 is 1.54 bits per heavy atom. The summed E-state index contributed by atoms with van der Waals surface area (Å²) in [4.78, 5) is 14.5. The van der Waals surface area contributed by atoms with Crippen LogP contribution < -0.4 is 10.1 Å². The zero-order valence-corrected chi connectivity index (χ0v) is 26.0. The van der Waals surface area contributed by atoms with Crippen LogP contribution >= 0.6 is 0 Å². The number of anilines is 1. The third-order valence-corrected chi connectivity index (χ3v) is 10.2. The number of aromatic nitrogens is 2. The van der Waals surface area contributed by atoms with Gasteiger partial charge in [-0.05, 0) is 48.6 Å². The number of ether oxygens (including phenoxy) is 4. The van der Waals surface area contributed by atoms with Crippen LogP contribution in [0.25, 0.3) is 0 Å². The van der Waals surface area contributed by atoms with Crippen LogP contribution in [-0.2, 0) is 19.7 Å². The highest BCUT2D eigenvalue weighted by Crippen LogP contribution is 2.56. The second kappa shape index (κ2) is 11.3. The highest BCUT2D eigenvalue weighted by atomic mass is 16.8. The molecule has 1 aliphatic carbocycles. The second-order valence-electron chi connectivity index (χ2n) is 12.8. The summed E-state index contributed by atoms with van der Waals surface area (Å²) < 4.78 is 25.4. The average molecular weight is 619 g/mol. The lowest BCUT2D eigenvalue weighted by Gasteiger charge is -2.37. The number of hydrogen-bond donors (Lipinski definition) is 2. The molecule has 9 nitrogen and oxygen atoms in total. The molecule has 4 heterocycles. The molecular weight excluding hydrogens is 580 g/mol. The van der Waals surface area contributed by atoms with E-state index in [4.69, 9.17) is 33.9 Å². The largest absolute Gasteiger partial charge is 0.497 e. The fourth-order valence-electron chi connectivity index (χ4n) is 8.02. The molecule has 236 valence electrons. The maximum Gasteiger partial charge on any atom is 0.169 e. The molecule has 5 atom stereocenters. The smallest absolute Gasteiger partial charge is 0.169 e. The Bertz CT molecular complexity index is 1690. The summed E-state index contributed by atoms with van der Waals surface area (Å²) in [5, 5.41) is 14.2. The van der Waals surface area contributed by atoms with E-state index in [1.54, 1.807) is 13.4 Å². The third kappa shape index (κ3) is 4.48. The van der Waals surface area contributed by atoms with Gasteiger partial charge in [-0.3, -0.25) is 4.99 Å². The number of aliphatic hydroxyl groups excluding tert-OH is 1. The number of methoxy groups -OCH3 is 1. The topological polar surface area (TPSA) is 107 Å². The molecule has 9 heteroatoms. The minimum atomic E-state index is -0.829. The van der Waals surface area contributed by atoms with Gasteiger partial charge in [0.2, 0.25) is 0 Å². The van der Waals surface area contributed by atoms with Gasteiger partial charge >= 0.3 is 0 Å². The van der Waals surface area contributed by atoms with E-state index in [9.17, 15) is 5.11 Å². The number of benzene rings is 3. The minimum Gasteiger partial charge on any atom is -0.497 e. The number of aliphatic hydroxyl groups is 1. The Morgan fingerprint density at radius 1 is 0.891 bits per heavy atom. The van der Waals surface area contributed by atoms with Gasteiger partial charge in [-0.2, -0.15) is 0 Å². The molecule has 0 bridgehead atoms. The molecule has 0 radical (unpaired) electrons. The van der Waals surface area contributed by atoms with Gasteiger partial charge in [0.1, 0.15) is 47.2 Å². The predicted molar refractivity (Wildman–Crippen MR) is 174 cm³/mol. The molecule has 3 fully saturated rings. The zero-order chi connectivity index (χ0) is 31.4. The standard InChI is InChI=1S/C37H38N4O5/c1-35-32(44-29(22-42)33(35)45-36(46-35)19-9-10-20-36)28-21-38-31-30(28)39-23-40-34(31)41-37(24-11-5-3-6-12-24,25-13-7-4-8-14-25)26-15-17-27(43-2)18-16-26/h3-8,11-18,21,23,28-29,32-33,42H,9-10,19-20,22H2,1-2H3,(H,39,40,41)/t28?,29-,32+,33-,35+/m1/s1. The van der Waals surface area contributed by atoms with Crippen molar-refractivity contribution >= 4 is 17.7 Å². The van der Waals surface area contributed by atoms with E-state index in [1.165, 1.54) is 0 Å². The first kappa shape index (κ1) is 29.3. The number of nitrogens with zero attached hydrogens (tertiary/aromatic N) is 3. The summed E-state index contributed by atoms with van der Waals surface area (Å²) in [6.45, 7) is 1.90. The lowest BCUT2D eigenvalue weighted by atomic mass is 9.77. The Morgan fingerprint density at radius 3 is 2.17 bits per heavy atom. The summed E-state index contributed by atoms with van der Waals surface area (Å²) in [6.07, 6.45) is 5.98. The van der Waals surface area contributed by atoms with Crippen molar-refractivity contribution in [1.82, 2.24) is 9.97 Å². The first-order chi connectivity index (χ1) is 22.5. The number of hydrogen-bond acceptors (Lipinski definition) is 9. The lowest BCUT2D eigenvalue weighted by molar-refractivity contribution is -0.221. The lowest BCUT2D eigenvalue weighted by Crippen LogP contribution is -2.47.